The summed E-state index contributed by atoms with van der Waals surface area (Å²) in [6.07, 6.45) is 0. The van der Waals surface area contributed by atoms with Crippen molar-refractivity contribution >= 4 is 59.9 Å². The summed E-state index contributed by atoms with van der Waals surface area (Å²) in [7, 11) is -1.49. The van der Waals surface area contributed by atoms with Crippen LogP contribution >= 0.6 is 31.9 Å². The van der Waals surface area contributed by atoms with Crippen molar-refractivity contribution in [3.05, 3.63) is 51.4 Å². The molecule has 2 aromatic rings. The van der Waals surface area contributed by atoms with E-state index >= 15 is 0 Å². The molecule has 0 aromatic heterocycles. The monoisotopic (exact) mass is 430 g/mol. The fraction of sp³-hybridized carbons (Fsp3) is 0.0714. The van der Waals surface area contributed by atoms with Crippen LogP contribution in [0.2, 0.25) is 0 Å². The number of hydrogen-bond acceptors (Lipinski definition) is 3. The highest BCUT2D eigenvalue weighted by atomic mass is 79.9. The van der Waals surface area contributed by atoms with Gasteiger partial charge in [0.15, 0.2) is 0 Å². The van der Waals surface area contributed by atoms with E-state index < -0.39 is 10.8 Å². The van der Waals surface area contributed by atoms with Gasteiger partial charge < -0.3 is 11.1 Å². The molecule has 0 aliphatic carbocycles. The van der Waals surface area contributed by atoms with E-state index in [2.05, 4.69) is 37.2 Å². The summed E-state index contributed by atoms with van der Waals surface area (Å²) in [4.78, 5) is 12.4. The highest BCUT2D eigenvalue weighted by molar-refractivity contribution is 9.10. The van der Waals surface area contributed by atoms with E-state index in [4.69, 9.17) is 5.73 Å². The van der Waals surface area contributed by atoms with Crippen LogP contribution in [-0.2, 0) is 15.6 Å². The number of benzene rings is 2. The number of rotatable bonds is 4. The predicted octanol–water partition coefficient (Wildman–Crippen LogP) is 3.54. The Morgan fingerprint density at radius 1 is 1.10 bits per heavy atom. The first-order valence-electron chi connectivity index (χ1n) is 5.94. The number of carbonyl (C=O) groups is 1. The van der Waals surface area contributed by atoms with E-state index in [0.717, 1.165) is 8.95 Å². The summed E-state index contributed by atoms with van der Waals surface area (Å²) in [5.41, 5.74) is 6.85. The van der Waals surface area contributed by atoms with E-state index in [-0.39, 0.29) is 11.7 Å². The normalized spacial score (nSPS) is 11.9. The van der Waals surface area contributed by atoms with Crippen molar-refractivity contribution in [1.82, 2.24) is 0 Å². The van der Waals surface area contributed by atoms with Gasteiger partial charge in [0.05, 0.1) is 15.7 Å². The van der Waals surface area contributed by atoms with Gasteiger partial charge >= 0.3 is 0 Å². The maximum atomic E-state index is 12.2. The minimum atomic E-state index is -1.49. The standard InChI is InChI=1S/C14H12Br2N2O2S/c15-9-1-4-11(5-2-9)18-14(19)8-21(20)13-7-10(16)3-6-12(13)17/h1-7H,8,17H2,(H,18,19). The minimum absolute atomic E-state index is 0.142. The van der Waals surface area contributed by atoms with Crippen LogP contribution in [0.1, 0.15) is 0 Å². The fourth-order valence-corrected chi connectivity index (χ4v) is 3.46. The van der Waals surface area contributed by atoms with E-state index in [1.165, 1.54) is 0 Å². The van der Waals surface area contributed by atoms with Crippen molar-refractivity contribution in [3.63, 3.8) is 0 Å². The zero-order chi connectivity index (χ0) is 15.4. The van der Waals surface area contributed by atoms with Crippen LogP contribution < -0.4 is 11.1 Å². The molecule has 0 fully saturated rings. The zero-order valence-electron chi connectivity index (χ0n) is 10.8. The van der Waals surface area contributed by atoms with Crippen LogP contribution in [0, 0.1) is 0 Å². The first-order chi connectivity index (χ1) is 9.95. The molecule has 1 atom stereocenters. The number of nitrogens with two attached hydrogens (primary N) is 1. The van der Waals surface area contributed by atoms with E-state index in [0.29, 0.717) is 16.3 Å². The van der Waals surface area contributed by atoms with Crippen LogP contribution in [0.25, 0.3) is 0 Å². The summed E-state index contributed by atoms with van der Waals surface area (Å²) in [6, 6.07) is 12.2. The molecule has 0 bridgehead atoms. The molecule has 1 amide bonds. The van der Waals surface area contributed by atoms with Gasteiger partial charge in [0.2, 0.25) is 5.91 Å². The minimum Gasteiger partial charge on any atom is -0.398 e. The molecule has 0 saturated carbocycles. The second-order valence-electron chi connectivity index (χ2n) is 4.23. The van der Waals surface area contributed by atoms with Gasteiger partial charge in [-0.2, -0.15) is 0 Å². The summed E-state index contributed by atoms with van der Waals surface area (Å²) in [6.45, 7) is 0. The van der Waals surface area contributed by atoms with E-state index in [9.17, 15) is 9.00 Å². The molecule has 0 spiro atoms. The molecule has 110 valence electrons. The molecular weight excluding hydrogens is 420 g/mol. The van der Waals surface area contributed by atoms with Gasteiger partial charge in [0.25, 0.3) is 0 Å². The zero-order valence-corrected chi connectivity index (χ0v) is 14.8. The first kappa shape index (κ1) is 16.2. The third-order valence-corrected chi connectivity index (χ3v) is 5.00. The number of amides is 1. The molecule has 4 nitrogen and oxygen atoms in total. The third-order valence-electron chi connectivity index (χ3n) is 2.61. The molecule has 0 aliphatic rings. The van der Waals surface area contributed by atoms with Crippen LogP contribution in [-0.4, -0.2) is 15.9 Å². The number of halogens is 2. The van der Waals surface area contributed by atoms with Crippen molar-refractivity contribution < 1.29 is 9.00 Å². The van der Waals surface area contributed by atoms with Gasteiger partial charge in [-0.3, -0.25) is 9.00 Å². The second-order valence-corrected chi connectivity index (χ2v) is 7.48. The Labute approximate surface area is 141 Å². The molecule has 0 saturated heterocycles. The fourth-order valence-electron chi connectivity index (χ4n) is 1.63. The van der Waals surface area contributed by atoms with Crippen molar-refractivity contribution in [1.29, 1.82) is 0 Å². The smallest absolute Gasteiger partial charge is 0.237 e. The number of carbonyl (C=O) groups excluding carboxylic acids is 1. The predicted molar refractivity (Wildman–Crippen MR) is 92.6 cm³/mol. The molecule has 21 heavy (non-hydrogen) atoms. The lowest BCUT2D eigenvalue weighted by Gasteiger charge is -2.08. The Morgan fingerprint density at radius 2 is 1.71 bits per heavy atom. The van der Waals surface area contributed by atoms with Gasteiger partial charge in [-0.1, -0.05) is 31.9 Å². The van der Waals surface area contributed by atoms with Crippen molar-refractivity contribution in [2.75, 3.05) is 16.8 Å². The topological polar surface area (TPSA) is 72.2 Å². The van der Waals surface area contributed by atoms with Gasteiger partial charge in [0.1, 0.15) is 5.75 Å². The van der Waals surface area contributed by atoms with Crippen molar-refractivity contribution in [2.24, 2.45) is 0 Å². The maximum absolute atomic E-state index is 12.2. The first-order valence-corrected chi connectivity index (χ1v) is 8.85. The Hall–Kier alpha value is -1.18. The molecule has 2 aromatic carbocycles. The molecule has 0 radical (unpaired) electrons. The molecule has 2 rings (SSSR count). The molecule has 0 aliphatic heterocycles. The quantitative estimate of drug-likeness (QED) is 0.727. The maximum Gasteiger partial charge on any atom is 0.237 e. The lowest BCUT2D eigenvalue weighted by Crippen LogP contribution is -2.20. The Morgan fingerprint density at radius 3 is 2.38 bits per heavy atom. The van der Waals surface area contributed by atoms with Crippen LogP contribution in [0.5, 0.6) is 0 Å². The average Bonchev–Trinajstić information content (AvgIpc) is 2.44. The largest absolute Gasteiger partial charge is 0.398 e. The van der Waals surface area contributed by atoms with Crippen molar-refractivity contribution in [2.45, 2.75) is 4.90 Å². The summed E-state index contributed by atoms with van der Waals surface area (Å²) < 4.78 is 13.9. The number of nitrogens with one attached hydrogen (secondary N) is 1. The van der Waals surface area contributed by atoms with Crippen LogP contribution in [0.15, 0.2) is 56.3 Å². The van der Waals surface area contributed by atoms with Crippen LogP contribution in [0.4, 0.5) is 11.4 Å². The highest BCUT2D eigenvalue weighted by Crippen LogP contribution is 2.22. The molecule has 3 N–H and O–H groups in total. The number of anilines is 2. The summed E-state index contributed by atoms with van der Waals surface area (Å²) >= 11 is 6.61. The number of hydrogen-bond donors (Lipinski definition) is 2. The molecular formula is C14H12Br2N2O2S. The number of nitrogen functional groups attached to an aromatic ring is 1. The molecule has 0 heterocycles. The van der Waals surface area contributed by atoms with Gasteiger partial charge in [-0.25, -0.2) is 0 Å². The molecule has 7 heteroatoms. The Balaban J connectivity index is 2.03. The van der Waals surface area contributed by atoms with E-state index in [1.54, 1.807) is 30.3 Å². The SMILES string of the molecule is Nc1ccc(Br)cc1S(=O)CC(=O)Nc1ccc(Br)cc1. The summed E-state index contributed by atoms with van der Waals surface area (Å²) in [5.74, 6) is -0.466. The Bertz CT molecular complexity index is 690. The second kappa shape index (κ2) is 7.20. The van der Waals surface area contributed by atoms with Gasteiger partial charge in [0, 0.05) is 20.3 Å². The van der Waals surface area contributed by atoms with E-state index in [1.807, 2.05) is 12.1 Å². The third kappa shape index (κ3) is 4.66. The van der Waals surface area contributed by atoms with Gasteiger partial charge in [-0.15, -0.1) is 0 Å². The van der Waals surface area contributed by atoms with Crippen LogP contribution in [0.3, 0.4) is 0 Å². The average molecular weight is 432 g/mol. The van der Waals surface area contributed by atoms with Gasteiger partial charge in [-0.05, 0) is 42.5 Å². The summed E-state index contributed by atoms with van der Waals surface area (Å²) in [5, 5.41) is 2.70. The highest BCUT2D eigenvalue weighted by Gasteiger charge is 2.13. The lowest BCUT2D eigenvalue weighted by atomic mass is 10.3. The lowest BCUT2D eigenvalue weighted by molar-refractivity contribution is -0.113. The molecule has 1 unspecified atom stereocenters. The Kier molecular flexibility index (Phi) is 5.55. The van der Waals surface area contributed by atoms with Crippen molar-refractivity contribution in [3.8, 4) is 0 Å².